The fourth-order valence-electron chi connectivity index (χ4n) is 1.72. The van der Waals surface area contributed by atoms with E-state index in [-0.39, 0.29) is 18.0 Å². The number of aryl methyl sites for hydroxylation is 1. The number of esters is 1. The van der Waals surface area contributed by atoms with Crippen molar-refractivity contribution < 1.29 is 29.3 Å². The summed E-state index contributed by atoms with van der Waals surface area (Å²) < 4.78 is 9.90. The number of rotatable bonds is 7. The zero-order valence-corrected chi connectivity index (χ0v) is 11.5. The van der Waals surface area contributed by atoms with Gasteiger partial charge in [0.25, 0.3) is 0 Å². The van der Waals surface area contributed by atoms with Gasteiger partial charge in [-0.15, -0.1) is 0 Å². The lowest BCUT2D eigenvalue weighted by Crippen LogP contribution is -2.12. The van der Waals surface area contributed by atoms with Crippen LogP contribution >= 0.6 is 0 Å². The van der Waals surface area contributed by atoms with Crippen LogP contribution in [0.3, 0.4) is 0 Å². The number of ether oxygens (including phenoxy) is 2. The summed E-state index contributed by atoms with van der Waals surface area (Å²) in [7, 11) is 1.32. The number of aliphatic hydroxyl groups is 1. The molecule has 0 aromatic heterocycles. The number of hydrogen-bond donors (Lipinski definition) is 2. The second kappa shape index (κ2) is 7.49. The first kappa shape index (κ1) is 16.0. The van der Waals surface area contributed by atoms with Gasteiger partial charge in [-0.25, -0.2) is 4.79 Å². The third kappa shape index (κ3) is 4.24. The number of aliphatic carboxylic acids is 1. The fourth-order valence-corrected chi connectivity index (χ4v) is 1.72. The molecule has 20 heavy (non-hydrogen) atoms. The molecule has 0 aliphatic carbocycles. The van der Waals surface area contributed by atoms with Crippen LogP contribution in [0.1, 0.15) is 30.6 Å². The summed E-state index contributed by atoms with van der Waals surface area (Å²) in [6.07, 6.45) is -0.953. The highest BCUT2D eigenvalue weighted by Crippen LogP contribution is 2.27. The minimum absolute atomic E-state index is 0.196. The molecule has 1 rings (SSSR count). The molecule has 1 atom stereocenters. The Bertz CT molecular complexity index is 483. The van der Waals surface area contributed by atoms with Gasteiger partial charge < -0.3 is 19.7 Å². The summed E-state index contributed by atoms with van der Waals surface area (Å²) in [5.74, 6) is -1.35. The van der Waals surface area contributed by atoms with Crippen molar-refractivity contribution in [3.63, 3.8) is 0 Å². The highest BCUT2D eigenvalue weighted by Gasteiger charge is 2.20. The Morgan fingerprint density at radius 3 is 2.60 bits per heavy atom. The normalized spacial score (nSPS) is 11.8. The number of carbonyl (C=O) groups excluding carboxylic acids is 1. The summed E-state index contributed by atoms with van der Waals surface area (Å²) in [4.78, 5) is 21.9. The monoisotopic (exact) mass is 282 g/mol. The van der Waals surface area contributed by atoms with Gasteiger partial charge in [-0.3, -0.25) is 4.79 Å². The summed E-state index contributed by atoms with van der Waals surface area (Å²) in [6, 6.07) is 4.79. The van der Waals surface area contributed by atoms with Crippen molar-refractivity contribution in [2.45, 2.75) is 25.9 Å². The number of methoxy groups -OCH3 is 1. The number of hydrogen-bond acceptors (Lipinski definition) is 5. The molecule has 1 aromatic rings. The van der Waals surface area contributed by atoms with E-state index in [0.717, 1.165) is 5.56 Å². The maximum Gasteiger partial charge on any atom is 0.337 e. The SMILES string of the molecule is CCOc1cc(CCC(=O)OC)ccc1C(O)C(=O)O. The van der Waals surface area contributed by atoms with Gasteiger partial charge >= 0.3 is 11.9 Å². The van der Waals surface area contributed by atoms with E-state index in [1.165, 1.54) is 13.2 Å². The Kier molecular flexibility index (Phi) is 5.99. The highest BCUT2D eigenvalue weighted by molar-refractivity contribution is 5.75. The van der Waals surface area contributed by atoms with E-state index in [4.69, 9.17) is 9.84 Å². The van der Waals surface area contributed by atoms with Crippen LogP contribution in [-0.4, -0.2) is 35.9 Å². The Hall–Kier alpha value is -2.08. The molecule has 0 saturated carbocycles. The molecular formula is C14H18O6. The number of aliphatic hydroxyl groups excluding tert-OH is 1. The lowest BCUT2D eigenvalue weighted by atomic mass is 10.0. The summed E-state index contributed by atoms with van der Waals surface area (Å²) in [5.41, 5.74) is 1.00. The van der Waals surface area contributed by atoms with E-state index >= 15 is 0 Å². The Morgan fingerprint density at radius 1 is 1.35 bits per heavy atom. The average Bonchev–Trinajstić information content (AvgIpc) is 2.44. The lowest BCUT2D eigenvalue weighted by Gasteiger charge is -2.14. The highest BCUT2D eigenvalue weighted by atomic mass is 16.5. The van der Waals surface area contributed by atoms with Gasteiger partial charge in [0.2, 0.25) is 0 Å². The van der Waals surface area contributed by atoms with E-state index in [2.05, 4.69) is 4.74 Å². The van der Waals surface area contributed by atoms with Crippen LogP contribution in [0.15, 0.2) is 18.2 Å². The van der Waals surface area contributed by atoms with Crippen LogP contribution in [0.25, 0.3) is 0 Å². The van der Waals surface area contributed by atoms with Crippen LogP contribution in [0.4, 0.5) is 0 Å². The maximum atomic E-state index is 11.1. The van der Waals surface area contributed by atoms with Crippen LogP contribution in [0.2, 0.25) is 0 Å². The van der Waals surface area contributed by atoms with Gasteiger partial charge in [-0.2, -0.15) is 0 Å². The summed E-state index contributed by atoms with van der Waals surface area (Å²) in [5, 5.41) is 18.4. The molecule has 0 fully saturated rings. The molecule has 0 aliphatic heterocycles. The zero-order chi connectivity index (χ0) is 15.1. The van der Waals surface area contributed by atoms with E-state index in [1.54, 1.807) is 19.1 Å². The third-order valence-electron chi connectivity index (χ3n) is 2.75. The fraction of sp³-hybridized carbons (Fsp3) is 0.429. The van der Waals surface area contributed by atoms with E-state index in [9.17, 15) is 14.7 Å². The van der Waals surface area contributed by atoms with E-state index < -0.39 is 12.1 Å². The molecule has 110 valence electrons. The Morgan fingerprint density at radius 2 is 2.05 bits per heavy atom. The number of carbonyl (C=O) groups is 2. The number of benzene rings is 1. The van der Waals surface area contributed by atoms with Gasteiger partial charge in [0.05, 0.1) is 13.7 Å². The van der Waals surface area contributed by atoms with Crippen LogP contribution in [0.5, 0.6) is 5.75 Å². The Labute approximate surface area is 116 Å². The molecule has 2 N–H and O–H groups in total. The predicted octanol–water partition coefficient (Wildman–Crippen LogP) is 1.31. The van der Waals surface area contributed by atoms with Crippen molar-refractivity contribution in [2.24, 2.45) is 0 Å². The quantitative estimate of drug-likeness (QED) is 0.732. The largest absolute Gasteiger partial charge is 0.493 e. The van der Waals surface area contributed by atoms with E-state index in [1.807, 2.05) is 0 Å². The van der Waals surface area contributed by atoms with Crippen LogP contribution < -0.4 is 4.74 Å². The second-order valence-electron chi connectivity index (χ2n) is 4.12. The predicted molar refractivity (Wildman–Crippen MR) is 70.5 cm³/mol. The molecule has 0 amide bonds. The number of carboxylic acid groups (broad SMARTS) is 1. The maximum absolute atomic E-state index is 11.1. The molecule has 0 bridgehead atoms. The van der Waals surface area contributed by atoms with Crippen molar-refractivity contribution in [2.75, 3.05) is 13.7 Å². The molecule has 1 unspecified atom stereocenters. The first-order valence-electron chi connectivity index (χ1n) is 6.22. The van der Waals surface area contributed by atoms with Crippen molar-refractivity contribution in [1.29, 1.82) is 0 Å². The van der Waals surface area contributed by atoms with Gasteiger partial charge in [0, 0.05) is 12.0 Å². The van der Waals surface area contributed by atoms with Crippen molar-refractivity contribution in [3.05, 3.63) is 29.3 Å². The molecular weight excluding hydrogens is 264 g/mol. The average molecular weight is 282 g/mol. The molecule has 6 heteroatoms. The van der Waals surface area contributed by atoms with Gasteiger partial charge in [-0.05, 0) is 25.0 Å². The molecule has 0 aliphatic rings. The molecule has 0 heterocycles. The van der Waals surface area contributed by atoms with E-state index in [0.29, 0.717) is 18.8 Å². The van der Waals surface area contributed by atoms with Crippen molar-refractivity contribution in [1.82, 2.24) is 0 Å². The van der Waals surface area contributed by atoms with Crippen LogP contribution in [0, 0.1) is 0 Å². The van der Waals surface area contributed by atoms with Gasteiger partial charge in [0.1, 0.15) is 5.75 Å². The smallest absolute Gasteiger partial charge is 0.337 e. The second-order valence-corrected chi connectivity index (χ2v) is 4.12. The third-order valence-corrected chi connectivity index (χ3v) is 2.75. The molecule has 0 spiro atoms. The minimum Gasteiger partial charge on any atom is -0.493 e. The Balaban J connectivity index is 2.94. The summed E-state index contributed by atoms with van der Waals surface area (Å²) >= 11 is 0. The van der Waals surface area contributed by atoms with Crippen molar-refractivity contribution >= 4 is 11.9 Å². The first-order valence-corrected chi connectivity index (χ1v) is 6.22. The first-order chi connectivity index (χ1) is 9.49. The summed E-state index contributed by atoms with van der Waals surface area (Å²) in [6.45, 7) is 2.11. The number of carboxylic acids is 1. The molecule has 6 nitrogen and oxygen atoms in total. The molecule has 1 aromatic carbocycles. The zero-order valence-electron chi connectivity index (χ0n) is 11.5. The van der Waals surface area contributed by atoms with Gasteiger partial charge in [-0.1, -0.05) is 12.1 Å². The standard InChI is InChI=1S/C14H18O6/c1-3-20-11-8-9(5-7-12(15)19-2)4-6-10(11)13(16)14(17)18/h4,6,8,13,16H,3,5,7H2,1-2H3,(H,17,18). The lowest BCUT2D eigenvalue weighted by molar-refractivity contribution is -0.147. The minimum atomic E-state index is -1.63. The van der Waals surface area contributed by atoms with Crippen molar-refractivity contribution in [3.8, 4) is 5.75 Å². The topological polar surface area (TPSA) is 93.1 Å². The van der Waals surface area contributed by atoms with Crippen LogP contribution in [-0.2, 0) is 20.7 Å². The van der Waals surface area contributed by atoms with Gasteiger partial charge in [0.15, 0.2) is 6.10 Å². The molecule has 0 saturated heterocycles. The molecule has 0 radical (unpaired) electrons.